The Hall–Kier alpha value is -1.96. The third-order valence-electron chi connectivity index (χ3n) is 4.44. The van der Waals surface area contributed by atoms with E-state index in [1.165, 1.54) is 33.1 Å². The average Bonchev–Trinajstić information content (AvgIpc) is 2.45. The highest BCUT2D eigenvalue weighted by Crippen LogP contribution is 2.29. The van der Waals surface area contributed by atoms with E-state index in [2.05, 4.69) is 63.6 Å². The number of aromatic nitrogens is 2. The van der Waals surface area contributed by atoms with Crippen molar-refractivity contribution >= 4 is 21.8 Å². The molecule has 1 aromatic heterocycles. The maximum Gasteiger partial charge on any atom is 0.235 e. The van der Waals surface area contributed by atoms with E-state index in [0.29, 0.717) is 0 Å². The van der Waals surface area contributed by atoms with Crippen molar-refractivity contribution in [3.05, 3.63) is 46.8 Å². The molecule has 0 amide bonds. The number of aryl methyl sites for hydroxylation is 4. The Morgan fingerprint density at radius 2 is 1.60 bits per heavy atom. The van der Waals surface area contributed by atoms with E-state index in [1.54, 1.807) is 0 Å². The lowest BCUT2D eigenvalue weighted by molar-refractivity contribution is -0.653. The van der Waals surface area contributed by atoms with Crippen LogP contribution in [0.15, 0.2) is 24.3 Å². The minimum absolute atomic E-state index is 1.01. The minimum Gasteiger partial charge on any atom is -0.240 e. The molecular weight excluding hydrogens is 244 g/mol. The lowest BCUT2D eigenvalue weighted by Gasteiger charge is -2.12. The highest BCUT2D eigenvalue weighted by Gasteiger charge is 2.21. The van der Waals surface area contributed by atoms with Crippen LogP contribution in [-0.2, 0) is 13.5 Å². The maximum atomic E-state index is 4.90. The third kappa shape index (κ3) is 1.64. The molecule has 0 bridgehead atoms. The number of rotatable bonds is 1. The highest BCUT2D eigenvalue weighted by atomic mass is 15.0. The molecule has 1 heterocycles. The van der Waals surface area contributed by atoms with Crippen LogP contribution in [0, 0.1) is 20.8 Å². The van der Waals surface area contributed by atoms with Crippen LogP contribution < -0.4 is 4.57 Å². The summed E-state index contributed by atoms with van der Waals surface area (Å²) in [7, 11) is 2.16. The second kappa shape index (κ2) is 4.55. The molecule has 0 aliphatic heterocycles. The average molecular weight is 265 g/mol. The Kier molecular flexibility index (Phi) is 2.97. The van der Waals surface area contributed by atoms with Gasteiger partial charge in [-0.2, -0.15) is 4.57 Å². The summed E-state index contributed by atoms with van der Waals surface area (Å²) >= 11 is 0. The van der Waals surface area contributed by atoms with E-state index < -0.39 is 0 Å². The van der Waals surface area contributed by atoms with Crippen LogP contribution in [-0.4, -0.2) is 4.98 Å². The molecule has 0 saturated carbocycles. The van der Waals surface area contributed by atoms with Gasteiger partial charge in [-0.3, -0.25) is 0 Å². The van der Waals surface area contributed by atoms with Gasteiger partial charge < -0.3 is 0 Å². The topological polar surface area (TPSA) is 16.8 Å². The molecule has 2 heteroatoms. The zero-order valence-electron chi connectivity index (χ0n) is 12.9. The van der Waals surface area contributed by atoms with Crippen LogP contribution in [0.25, 0.3) is 21.8 Å². The lowest BCUT2D eigenvalue weighted by Crippen LogP contribution is -2.37. The Morgan fingerprint density at radius 3 is 2.20 bits per heavy atom. The van der Waals surface area contributed by atoms with Crippen molar-refractivity contribution in [2.75, 3.05) is 0 Å². The SMILES string of the molecule is CCc1c(C)nc2c(C)c3ccccc3c(C)c2[n+]1C. The van der Waals surface area contributed by atoms with Gasteiger partial charge in [-0.25, -0.2) is 4.98 Å². The molecule has 0 aliphatic rings. The normalized spacial score (nSPS) is 11.4. The summed E-state index contributed by atoms with van der Waals surface area (Å²) < 4.78 is 2.33. The number of nitrogens with zero attached hydrogens (tertiary/aromatic N) is 2. The van der Waals surface area contributed by atoms with Gasteiger partial charge in [0.25, 0.3) is 0 Å². The summed E-state index contributed by atoms with van der Waals surface area (Å²) in [6, 6.07) is 8.63. The molecule has 0 N–H and O–H groups in total. The van der Waals surface area contributed by atoms with Crippen molar-refractivity contribution in [2.24, 2.45) is 7.05 Å². The zero-order valence-corrected chi connectivity index (χ0v) is 12.9. The standard InChI is InChI=1S/C18H21N2/c1-6-16-13(4)19-17-11(2)14-9-7-8-10-15(14)12(3)18(17)20(16)5/h7-10H,6H2,1-5H3/q+1. The van der Waals surface area contributed by atoms with Gasteiger partial charge in [0, 0.05) is 12.0 Å². The number of benzene rings is 2. The molecule has 2 nitrogen and oxygen atoms in total. The van der Waals surface area contributed by atoms with Gasteiger partial charge in [-0.05, 0) is 37.1 Å². The summed E-state index contributed by atoms with van der Waals surface area (Å²) in [5.74, 6) is 0. The van der Waals surface area contributed by atoms with Crippen LogP contribution in [0.4, 0.5) is 0 Å². The molecule has 0 fully saturated rings. The molecule has 0 saturated heterocycles. The van der Waals surface area contributed by atoms with Crippen LogP contribution in [0.2, 0.25) is 0 Å². The van der Waals surface area contributed by atoms with Crippen LogP contribution in [0.3, 0.4) is 0 Å². The van der Waals surface area contributed by atoms with Crippen LogP contribution >= 0.6 is 0 Å². The smallest absolute Gasteiger partial charge is 0.235 e. The van der Waals surface area contributed by atoms with E-state index in [4.69, 9.17) is 4.98 Å². The van der Waals surface area contributed by atoms with Crippen molar-refractivity contribution in [1.29, 1.82) is 0 Å². The third-order valence-corrected chi connectivity index (χ3v) is 4.44. The van der Waals surface area contributed by atoms with Crippen molar-refractivity contribution < 1.29 is 4.57 Å². The fourth-order valence-corrected chi connectivity index (χ4v) is 3.40. The van der Waals surface area contributed by atoms with Gasteiger partial charge in [-0.15, -0.1) is 0 Å². The van der Waals surface area contributed by atoms with Crippen molar-refractivity contribution in [2.45, 2.75) is 34.1 Å². The number of hydrogen-bond donors (Lipinski definition) is 0. The van der Waals surface area contributed by atoms with E-state index >= 15 is 0 Å². The Morgan fingerprint density at radius 1 is 1.00 bits per heavy atom. The monoisotopic (exact) mass is 265 g/mol. The minimum atomic E-state index is 1.01. The predicted molar refractivity (Wildman–Crippen MR) is 84.0 cm³/mol. The maximum absolute atomic E-state index is 4.90. The number of hydrogen-bond acceptors (Lipinski definition) is 1. The summed E-state index contributed by atoms with van der Waals surface area (Å²) in [6.45, 7) is 8.70. The van der Waals surface area contributed by atoms with Crippen molar-refractivity contribution in [3.8, 4) is 0 Å². The van der Waals surface area contributed by atoms with Gasteiger partial charge in [-0.1, -0.05) is 31.2 Å². The predicted octanol–water partition coefficient (Wildman–Crippen LogP) is 3.70. The first kappa shape index (κ1) is 13.0. The summed E-state index contributed by atoms with van der Waals surface area (Å²) in [5, 5.41) is 2.65. The molecular formula is C18H21N2+. The van der Waals surface area contributed by atoms with E-state index in [-0.39, 0.29) is 0 Å². The van der Waals surface area contributed by atoms with Gasteiger partial charge >= 0.3 is 0 Å². The Labute approximate surface area is 120 Å². The zero-order chi connectivity index (χ0) is 14.4. The highest BCUT2D eigenvalue weighted by molar-refractivity contribution is 6.01. The lowest BCUT2D eigenvalue weighted by atomic mass is 9.98. The fraction of sp³-hybridized carbons (Fsp3) is 0.333. The molecule has 0 spiro atoms. The molecule has 102 valence electrons. The fourth-order valence-electron chi connectivity index (χ4n) is 3.40. The Balaban J connectivity index is 2.63. The van der Waals surface area contributed by atoms with Gasteiger partial charge in [0.05, 0.1) is 0 Å². The van der Waals surface area contributed by atoms with Gasteiger partial charge in [0.1, 0.15) is 18.3 Å². The molecule has 3 aromatic rings. The van der Waals surface area contributed by atoms with Gasteiger partial charge in [0.15, 0.2) is 0 Å². The molecule has 0 unspecified atom stereocenters. The first-order valence-corrected chi connectivity index (χ1v) is 7.23. The second-order valence-corrected chi connectivity index (χ2v) is 5.55. The molecule has 20 heavy (non-hydrogen) atoms. The quantitative estimate of drug-likeness (QED) is 0.484. The van der Waals surface area contributed by atoms with Crippen LogP contribution in [0.5, 0.6) is 0 Å². The second-order valence-electron chi connectivity index (χ2n) is 5.55. The van der Waals surface area contributed by atoms with Crippen LogP contribution in [0.1, 0.15) is 29.4 Å². The largest absolute Gasteiger partial charge is 0.240 e. The van der Waals surface area contributed by atoms with Crippen molar-refractivity contribution in [1.82, 2.24) is 4.98 Å². The summed E-state index contributed by atoms with van der Waals surface area (Å²) in [5.41, 5.74) is 7.46. The van der Waals surface area contributed by atoms with E-state index in [0.717, 1.165) is 17.6 Å². The van der Waals surface area contributed by atoms with E-state index in [1.807, 2.05) is 0 Å². The molecule has 2 aromatic carbocycles. The molecule has 0 aliphatic carbocycles. The Bertz CT molecular complexity index is 832. The first-order valence-electron chi connectivity index (χ1n) is 7.23. The summed E-state index contributed by atoms with van der Waals surface area (Å²) in [4.78, 5) is 4.90. The summed E-state index contributed by atoms with van der Waals surface area (Å²) in [6.07, 6.45) is 1.01. The van der Waals surface area contributed by atoms with Gasteiger partial charge in [0.2, 0.25) is 11.2 Å². The number of fused-ring (bicyclic) bond motifs is 2. The van der Waals surface area contributed by atoms with E-state index in [9.17, 15) is 0 Å². The molecule has 0 radical (unpaired) electrons. The molecule has 0 atom stereocenters. The van der Waals surface area contributed by atoms with Crippen molar-refractivity contribution in [3.63, 3.8) is 0 Å². The molecule has 3 rings (SSSR count). The first-order chi connectivity index (χ1) is 9.56.